The molecule has 0 aliphatic heterocycles. The van der Waals surface area contributed by atoms with Crippen molar-refractivity contribution in [1.82, 2.24) is 5.32 Å². The summed E-state index contributed by atoms with van der Waals surface area (Å²) in [5.41, 5.74) is 1.29. The van der Waals surface area contributed by atoms with Gasteiger partial charge >= 0.3 is 0 Å². The van der Waals surface area contributed by atoms with Crippen molar-refractivity contribution >= 4 is 23.2 Å². The van der Waals surface area contributed by atoms with Gasteiger partial charge in [0.1, 0.15) is 0 Å². The molecule has 0 bridgehead atoms. The molecule has 0 saturated carbocycles. The molecule has 3 heteroatoms. The predicted octanol–water partition coefficient (Wildman–Crippen LogP) is 4.56. The largest absolute Gasteiger partial charge is 0.316 e. The molecule has 1 atom stereocenters. The van der Waals surface area contributed by atoms with Crippen molar-refractivity contribution in [3.8, 4) is 0 Å². The first kappa shape index (κ1) is 14.8. The zero-order valence-electron chi connectivity index (χ0n) is 11.0. The Labute approximate surface area is 115 Å². The molecule has 1 aromatic rings. The summed E-state index contributed by atoms with van der Waals surface area (Å²) in [6, 6.07) is 6.13. The molecule has 1 rings (SSSR count). The summed E-state index contributed by atoms with van der Waals surface area (Å²) in [5, 5.41) is 4.90. The standard InChI is InChI=1S/C14H21Cl2N/c1-14(2,3)13(17-4)9-8-10-11(15)6-5-7-12(10)16/h5-7,13,17H,8-9H2,1-4H3. The maximum Gasteiger partial charge on any atom is 0.0452 e. The van der Waals surface area contributed by atoms with E-state index >= 15 is 0 Å². The quantitative estimate of drug-likeness (QED) is 0.848. The highest BCUT2D eigenvalue weighted by Crippen LogP contribution is 2.28. The molecule has 0 aliphatic carbocycles. The molecule has 0 aliphatic rings. The van der Waals surface area contributed by atoms with Crippen molar-refractivity contribution in [3.05, 3.63) is 33.8 Å². The lowest BCUT2D eigenvalue weighted by molar-refractivity contribution is 0.268. The van der Waals surface area contributed by atoms with Crippen molar-refractivity contribution in [2.24, 2.45) is 5.41 Å². The summed E-state index contributed by atoms with van der Waals surface area (Å²) in [7, 11) is 2.00. The van der Waals surface area contributed by atoms with Gasteiger partial charge in [-0.05, 0) is 43.0 Å². The van der Waals surface area contributed by atoms with E-state index in [1.54, 1.807) is 0 Å². The molecule has 17 heavy (non-hydrogen) atoms. The first-order valence-electron chi connectivity index (χ1n) is 5.96. The summed E-state index contributed by atoms with van der Waals surface area (Å²) in [5.74, 6) is 0. The van der Waals surface area contributed by atoms with E-state index in [-0.39, 0.29) is 5.41 Å². The van der Waals surface area contributed by atoms with E-state index in [1.165, 1.54) is 0 Å². The molecular formula is C14H21Cl2N. The van der Waals surface area contributed by atoms with Crippen LogP contribution in [0.2, 0.25) is 10.0 Å². The predicted molar refractivity (Wildman–Crippen MR) is 77.1 cm³/mol. The minimum atomic E-state index is 0.239. The van der Waals surface area contributed by atoms with Gasteiger partial charge in [0.2, 0.25) is 0 Å². The van der Waals surface area contributed by atoms with E-state index in [9.17, 15) is 0 Å². The number of hydrogen-bond donors (Lipinski definition) is 1. The summed E-state index contributed by atoms with van der Waals surface area (Å²) >= 11 is 12.3. The molecule has 0 radical (unpaired) electrons. The monoisotopic (exact) mass is 273 g/mol. The van der Waals surface area contributed by atoms with E-state index in [2.05, 4.69) is 26.1 Å². The smallest absolute Gasteiger partial charge is 0.0452 e. The van der Waals surface area contributed by atoms with Gasteiger partial charge in [-0.1, -0.05) is 50.0 Å². The first-order valence-corrected chi connectivity index (χ1v) is 6.72. The lowest BCUT2D eigenvalue weighted by Crippen LogP contribution is -2.38. The van der Waals surface area contributed by atoms with Crippen molar-refractivity contribution < 1.29 is 0 Å². The number of nitrogens with one attached hydrogen (secondary N) is 1. The van der Waals surface area contributed by atoms with Crippen LogP contribution in [0.3, 0.4) is 0 Å². The van der Waals surface area contributed by atoms with Crippen LogP contribution in [0.15, 0.2) is 18.2 Å². The molecule has 0 fully saturated rings. The second kappa shape index (κ2) is 6.08. The Kier molecular flexibility index (Phi) is 5.30. The number of rotatable bonds is 4. The van der Waals surface area contributed by atoms with E-state index < -0.39 is 0 Å². The molecule has 1 N–H and O–H groups in total. The Morgan fingerprint density at radius 2 is 1.71 bits per heavy atom. The van der Waals surface area contributed by atoms with Gasteiger partial charge in [0, 0.05) is 16.1 Å². The van der Waals surface area contributed by atoms with Gasteiger partial charge in [-0.15, -0.1) is 0 Å². The van der Waals surface area contributed by atoms with E-state index in [4.69, 9.17) is 23.2 Å². The average Bonchev–Trinajstić information content (AvgIpc) is 2.20. The van der Waals surface area contributed by atoms with Crippen molar-refractivity contribution in [1.29, 1.82) is 0 Å². The highest BCUT2D eigenvalue weighted by molar-refractivity contribution is 6.35. The van der Waals surface area contributed by atoms with Crippen molar-refractivity contribution in [2.75, 3.05) is 7.05 Å². The fraction of sp³-hybridized carbons (Fsp3) is 0.571. The number of hydrogen-bond acceptors (Lipinski definition) is 1. The second-order valence-corrected chi connectivity index (χ2v) is 6.26. The topological polar surface area (TPSA) is 12.0 Å². The fourth-order valence-electron chi connectivity index (χ4n) is 2.07. The normalized spacial score (nSPS) is 13.8. The Hall–Kier alpha value is -0.240. The highest BCUT2D eigenvalue weighted by Gasteiger charge is 2.23. The minimum absolute atomic E-state index is 0.239. The Morgan fingerprint density at radius 1 is 1.18 bits per heavy atom. The molecule has 0 spiro atoms. The summed E-state index contributed by atoms with van der Waals surface area (Å²) in [6.45, 7) is 6.72. The first-order chi connectivity index (χ1) is 7.86. The molecule has 96 valence electrons. The minimum Gasteiger partial charge on any atom is -0.316 e. The zero-order valence-corrected chi connectivity index (χ0v) is 12.5. The lowest BCUT2D eigenvalue weighted by Gasteiger charge is -2.30. The van der Waals surface area contributed by atoms with Gasteiger partial charge < -0.3 is 5.32 Å². The van der Waals surface area contributed by atoms with E-state index in [1.807, 2.05) is 25.2 Å². The van der Waals surface area contributed by atoms with Crippen LogP contribution >= 0.6 is 23.2 Å². The second-order valence-electron chi connectivity index (χ2n) is 5.45. The lowest BCUT2D eigenvalue weighted by atomic mass is 9.83. The average molecular weight is 274 g/mol. The van der Waals surface area contributed by atoms with Crippen molar-refractivity contribution in [3.63, 3.8) is 0 Å². The molecule has 1 nitrogen and oxygen atoms in total. The van der Waals surface area contributed by atoms with Gasteiger partial charge in [0.25, 0.3) is 0 Å². The highest BCUT2D eigenvalue weighted by atomic mass is 35.5. The van der Waals surface area contributed by atoms with Gasteiger partial charge in [-0.3, -0.25) is 0 Å². The van der Waals surface area contributed by atoms with Crippen LogP contribution in [0.25, 0.3) is 0 Å². The Balaban J connectivity index is 2.73. The Morgan fingerprint density at radius 3 is 2.12 bits per heavy atom. The third kappa shape index (κ3) is 4.17. The summed E-state index contributed by atoms with van der Waals surface area (Å²) in [6.07, 6.45) is 1.94. The van der Waals surface area contributed by atoms with Crippen LogP contribution < -0.4 is 5.32 Å². The van der Waals surface area contributed by atoms with Crippen LogP contribution in [0.5, 0.6) is 0 Å². The molecule has 1 aromatic carbocycles. The fourth-order valence-corrected chi connectivity index (χ4v) is 2.66. The SMILES string of the molecule is CNC(CCc1c(Cl)cccc1Cl)C(C)(C)C. The van der Waals surface area contributed by atoms with Crippen LogP contribution in [-0.2, 0) is 6.42 Å². The number of benzene rings is 1. The van der Waals surface area contributed by atoms with Gasteiger partial charge in [-0.25, -0.2) is 0 Å². The van der Waals surface area contributed by atoms with Crippen LogP contribution in [0.1, 0.15) is 32.8 Å². The van der Waals surface area contributed by atoms with Crippen LogP contribution in [0.4, 0.5) is 0 Å². The van der Waals surface area contributed by atoms with Gasteiger partial charge in [-0.2, -0.15) is 0 Å². The van der Waals surface area contributed by atoms with Gasteiger partial charge in [0.05, 0.1) is 0 Å². The zero-order chi connectivity index (χ0) is 13.1. The molecule has 0 amide bonds. The number of halogens is 2. The van der Waals surface area contributed by atoms with E-state index in [0.29, 0.717) is 6.04 Å². The molecule has 0 heterocycles. The summed E-state index contributed by atoms with van der Waals surface area (Å²) < 4.78 is 0. The van der Waals surface area contributed by atoms with Crippen LogP contribution in [0, 0.1) is 5.41 Å². The van der Waals surface area contributed by atoms with Crippen molar-refractivity contribution in [2.45, 2.75) is 39.7 Å². The summed E-state index contributed by atoms with van der Waals surface area (Å²) in [4.78, 5) is 0. The maximum absolute atomic E-state index is 6.17. The molecular weight excluding hydrogens is 253 g/mol. The third-order valence-corrected chi connectivity index (χ3v) is 3.85. The Bertz CT molecular complexity index is 349. The maximum atomic E-state index is 6.17. The van der Waals surface area contributed by atoms with Gasteiger partial charge in [0.15, 0.2) is 0 Å². The molecule has 1 unspecified atom stereocenters. The van der Waals surface area contributed by atoms with E-state index in [0.717, 1.165) is 28.5 Å². The molecule has 0 saturated heterocycles. The molecule has 0 aromatic heterocycles. The van der Waals surface area contributed by atoms with Crippen LogP contribution in [-0.4, -0.2) is 13.1 Å². The third-order valence-electron chi connectivity index (χ3n) is 3.14.